The molecule has 0 spiro atoms. The molecule has 1 aliphatic carbocycles. The fourth-order valence-electron chi connectivity index (χ4n) is 2.41. The highest BCUT2D eigenvalue weighted by molar-refractivity contribution is 7.20. The summed E-state index contributed by atoms with van der Waals surface area (Å²) in [4.78, 5) is 24.1. The van der Waals surface area contributed by atoms with Crippen molar-refractivity contribution in [3.8, 4) is 0 Å². The van der Waals surface area contributed by atoms with Gasteiger partial charge in [0.2, 0.25) is 0 Å². The molecule has 0 aliphatic heterocycles. The van der Waals surface area contributed by atoms with E-state index in [9.17, 15) is 19.1 Å². The second kappa shape index (κ2) is 4.80. The third kappa shape index (κ3) is 2.51. The summed E-state index contributed by atoms with van der Waals surface area (Å²) >= 11 is 1.23. The molecule has 3 rings (SSSR count). The van der Waals surface area contributed by atoms with E-state index in [1.165, 1.54) is 30.4 Å². The number of halogens is 1. The van der Waals surface area contributed by atoms with Crippen molar-refractivity contribution in [2.45, 2.75) is 25.3 Å². The Morgan fingerprint density at radius 1 is 1.38 bits per heavy atom. The van der Waals surface area contributed by atoms with Crippen LogP contribution in [0.4, 0.5) is 4.39 Å². The predicted octanol–water partition coefficient (Wildman–Crippen LogP) is 3.02. The number of amides is 1. The summed E-state index contributed by atoms with van der Waals surface area (Å²) in [5.74, 6) is -1.83. The predicted molar refractivity (Wildman–Crippen MR) is 78.0 cm³/mol. The topological polar surface area (TPSA) is 66.4 Å². The molecule has 0 radical (unpaired) electrons. The van der Waals surface area contributed by atoms with Gasteiger partial charge >= 0.3 is 5.97 Å². The van der Waals surface area contributed by atoms with E-state index in [1.807, 2.05) is 0 Å². The Morgan fingerprint density at radius 2 is 2.10 bits per heavy atom. The summed E-state index contributed by atoms with van der Waals surface area (Å²) < 4.78 is 14.0. The number of nitrogens with one attached hydrogen (secondary N) is 1. The molecular formula is C15H14FNO3S. The van der Waals surface area contributed by atoms with Crippen LogP contribution in [0.2, 0.25) is 0 Å². The molecule has 1 saturated carbocycles. The van der Waals surface area contributed by atoms with E-state index in [2.05, 4.69) is 5.32 Å². The number of carboxylic acid groups (broad SMARTS) is 1. The zero-order chi connectivity index (χ0) is 15.2. The van der Waals surface area contributed by atoms with Crippen LogP contribution in [-0.2, 0) is 4.79 Å². The fourth-order valence-corrected chi connectivity index (χ4v) is 3.35. The number of carbonyl (C=O) groups excluding carboxylic acids is 1. The summed E-state index contributed by atoms with van der Waals surface area (Å²) in [7, 11) is 0. The Morgan fingerprint density at radius 3 is 2.71 bits per heavy atom. The average molecular weight is 307 g/mol. The highest BCUT2D eigenvalue weighted by atomic mass is 32.1. The van der Waals surface area contributed by atoms with Gasteiger partial charge in [0.25, 0.3) is 5.91 Å². The van der Waals surface area contributed by atoms with Gasteiger partial charge in [0.05, 0.1) is 4.88 Å². The van der Waals surface area contributed by atoms with Crippen molar-refractivity contribution < 1.29 is 19.1 Å². The minimum Gasteiger partial charge on any atom is -0.480 e. The molecule has 110 valence electrons. The van der Waals surface area contributed by atoms with Gasteiger partial charge in [0, 0.05) is 4.70 Å². The number of fused-ring (bicyclic) bond motifs is 1. The van der Waals surface area contributed by atoms with Gasteiger partial charge in [-0.15, -0.1) is 11.3 Å². The van der Waals surface area contributed by atoms with Crippen molar-refractivity contribution in [3.63, 3.8) is 0 Å². The fraction of sp³-hybridized carbons (Fsp3) is 0.333. The van der Waals surface area contributed by atoms with Crippen LogP contribution in [-0.4, -0.2) is 22.5 Å². The molecule has 21 heavy (non-hydrogen) atoms. The molecule has 2 N–H and O–H groups in total. The summed E-state index contributed by atoms with van der Waals surface area (Å²) in [6.07, 6.45) is 1.61. The van der Waals surface area contributed by atoms with Crippen LogP contribution in [0, 0.1) is 11.7 Å². The zero-order valence-electron chi connectivity index (χ0n) is 11.4. The molecule has 1 amide bonds. The molecule has 1 heterocycles. The SMILES string of the molecule is CC(NC(=O)c1cc2cc(F)ccc2s1)(C(=O)O)C1CC1. The van der Waals surface area contributed by atoms with Gasteiger partial charge in [-0.3, -0.25) is 4.79 Å². The zero-order valence-corrected chi connectivity index (χ0v) is 12.2. The first-order valence-electron chi connectivity index (χ1n) is 6.65. The maximum atomic E-state index is 13.2. The van der Waals surface area contributed by atoms with Crippen LogP contribution in [0.3, 0.4) is 0 Å². The Kier molecular flexibility index (Phi) is 3.20. The second-order valence-electron chi connectivity index (χ2n) is 5.53. The van der Waals surface area contributed by atoms with Crippen molar-refractivity contribution in [2.75, 3.05) is 0 Å². The Hall–Kier alpha value is -1.95. The molecule has 1 unspecified atom stereocenters. The largest absolute Gasteiger partial charge is 0.480 e. The molecule has 6 heteroatoms. The number of hydrogen-bond donors (Lipinski definition) is 2. The van der Waals surface area contributed by atoms with Gasteiger partial charge in [-0.25, -0.2) is 9.18 Å². The molecule has 1 fully saturated rings. The maximum absolute atomic E-state index is 13.2. The van der Waals surface area contributed by atoms with Crippen molar-refractivity contribution in [1.29, 1.82) is 0 Å². The van der Waals surface area contributed by atoms with E-state index in [0.29, 0.717) is 10.3 Å². The first-order chi connectivity index (χ1) is 9.90. The van der Waals surface area contributed by atoms with E-state index < -0.39 is 17.4 Å². The van der Waals surface area contributed by atoms with Crippen molar-refractivity contribution in [2.24, 2.45) is 5.92 Å². The minimum absolute atomic E-state index is 0.0224. The second-order valence-corrected chi connectivity index (χ2v) is 6.61. The molecule has 1 aliphatic rings. The van der Waals surface area contributed by atoms with E-state index in [0.717, 1.165) is 17.5 Å². The normalized spacial score (nSPS) is 17.4. The number of carboxylic acids is 1. The lowest BCUT2D eigenvalue weighted by molar-refractivity contribution is -0.144. The third-order valence-corrected chi connectivity index (χ3v) is 5.03. The lowest BCUT2D eigenvalue weighted by Crippen LogP contribution is -2.53. The number of benzene rings is 1. The van der Waals surface area contributed by atoms with Crippen LogP contribution in [0.5, 0.6) is 0 Å². The highest BCUT2D eigenvalue weighted by Gasteiger charge is 2.48. The van der Waals surface area contributed by atoms with Gasteiger partial charge < -0.3 is 10.4 Å². The van der Waals surface area contributed by atoms with Crippen molar-refractivity contribution >= 4 is 33.3 Å². The Balaban J connectivity index is 1.88. The van der Waals surface area contributed by atoms with Crippen molar-refractivity contribution in [1.82, 2.24) is 5.32 Å². The first kappa shape index (κ1) is 14.0. The lowest BCUT2D eigenvalue weighted by atomic mass is 9.96. The number of thiophene rings is 1. The van der Waals surface area contributed by atoms with Crippen molar-refractivity contribution in [3.05, 3.63) is 35.0 Å². The summed E-state index contributed by atoms with van der Waals surface area (Å²) in [5.41, 5.74) is -1.24. The van der Waals surface area contributed by atoms with E-state index in [1.54, 1.807) is 12.1 Å². The average Bonchev–Trinajstić information content (AvgIpc) is 3.19. The van der Waals surface area contributed by atoms with Gasteiger partial charge in [-0.2, -0.15) is 0 Å². The smallest absolute Gasteiger partial charge is 0.329 e. The summed E-state index contributed by atoms with van der Waals surface area (Å²) in [5, 5.41) is 12.6. The van der Waals surface area contributed by atoms with Crippen LogP contribution in [0.1, 0.15) is 29.4 Å². The van der Waals surface area contributed by atoms with Gasteiger partial charge in [-0.05, 0) is 55.3 Å². The van der Waals surface area contributed by atoms with Crippen LogP contribution in [0.15, 0.2) is 24.3 Å². The standard InChI is InChI=1S/C15H14FNO3S/c1-15(14(19)20,9-2-3-9)17-13(18)12-7-8-6-10(16)4-5-11(8)21-12/h4-7,9H,2-3H2,1H3,(H,17,18)(H,19,20). The molecule has 0 bridgehead atoms. The van der Waals surface area contributed by atoms with Gasteiger partial charge in [0.15, 0.2) is 0 Å². The van der Waals surface area contributed by atoms with Crippen LogP contribution >= 0.6 is 11.3 Å². The number of carbonyl (C=O) groups is 2. The number of aliphatic carboxylic acids is 1. The molecule has 0 saturated heterocycles. The third-order valence-electron chi connectivity index (χ3n) is 3.91. The highest BCUT2D eigenvalue weighted by Crippen LogP contribution is 2.40. The van der Waals surface area contributed by atoms with E-state index in [-0.39, 0.29) is 11.7 Å². The molecule has 1 atom stereocenters. The minimum atomic E-state index is -1.24. The first-order valence-corrected chi connectivity index (χ1v) is 7.47. The monoisotopic (exact) mass is 307 g/mol. The molecule has 1 aromatic carbocycles. The summed E-state index contributed by atoms with van der Waals surface area (Å²) in [6, 6.07) is 5.91. The Labute approximate surface area is 124 Å². The maximum Gasteiger partial charge on any atom is 0.329 e. The van der Waals surface area contributed by atoms with Crippen LogP contribution < -0.4 is 5.32 Å². The van der Waals surface area contributed by atoms with Crippen LogP contribution in [0.25, 0.3) is 10.1 Å². The van der Waals surface area contributed by atoms with E-state index in [4.69, 9.17) is 0 Å². The molecule has 2 aromatic rings. The van der Waals surface area contributed by atoms with Gasteiger partial charge in [-0.1, -0.05) is 0 Å². The molecule has 1 aromatic heterocycles. The van der Waals surface area contributed by atoms with E-state index >= 15 is 0 Å². The Bertz CT molecular complexity index is 738. The quantitative estimate of drug-likeness (QED) is 0.912. The molecule has 4 nitrogen and oxygen atoms in total. The summed E-state index contributed by atoms with van der Waals surface area (Å²) in [6.45, 7) is 1.54. The molecular weight excluding hydrogens is 293 g/mol. The van der Waals surface area contributed by atoms with Gasteiger partial charge in [0.1, 0.15) is 11.4 Å². The lowest BCUT2D eigenvalue weighted by Gasteiger charge is -2.25. The number of rotatable bonds is 4. The number of hydrogen-bond acceptors (Lipinski definition) is 3.